The highest BCUT2D eigenvalue weighted by Crippen LogP contribution is 2.46. The van der Waals surface area contributed by atoms with Crippen LogP contribution in [0.25, 0.3) is 10.8 Å². The lowest BCUT2D eigenvalue weighted by Gasteiger charge is -2.26. The summed E-state index contributed by atoms with van der Waals surface area (Å²) in [5.41, 5.74) is 1.36. The van der Waals surface area contributed by atoms with Gasteiger partial charge in [-0.15, -0.1) is 0 Å². The molecule has 2 aliphatic rings. The van der Waals surface area contributed by atoms with Gasteiger partial charge in [-0.25, -0.2) is 0 Å². The molecule has 2 aliphatic heterocycles. The van der Waals surface area contributed by atoms with E-state index in [-0.39, 0.29) is 11.9 Å². The summed E-state index contributed by atoms with van der Waals surface area (Å²) in [5.74, 6) is 0.640. The highest BCUT2D eigenvalue weighted by Gasteiger charge is 2.36. The van der Waals surface area contributed by atoms with Crippen molar-refractivity contribution in [2.75, 3.05) is 20.2 Å². The van der Waals surface area contributed by atoms with Crippen molar-refractivity contribution in [3.8, 4) is 17.2 Å². The SMILES string of the molecule is CC.COc1cc(C(=O)N(Cc2cc3ccccc3cn2)C[C@@H]2CCCN2)cc2c1OC(C)(C)O2. The molecule has 5 rings (SSSR count). The molecule has 0 saturated carbocycles. The normalized spacial score (nSPS) is 17.6. The zero-order chi connectivity index (χ0) is 25.0. The lowest BCUT2D eigenvalue weighted by molar-refractivity contribution is -0.0439. The van der Waals surface area contributed by atoms with E-state index in [0.29, 0.717) is 35.9 Å². The van der Waals surface area contributed by atoms with Crippen molar-refractivity contribution in [2.24, 2.45) is 0 Å². The van der Waals surface area contributed by atoms with Gasteiger partial charge >= 0.3 is 0 Å². The van der Waals surface area contributed by atoms with Gasteiger partial charge in [0.25, 0.3) is 5.91 Å². The van der Waals surface area contributed by atoms with Crippen LogP contribution in [0.1, 0.15) is 56.6 Å². The molecule has 7 heteroatoms. The second kappa shape index (κ2) is 10.5. The summed E-state index contributed by atoms with van der Waals surface area (Å²) in [7, 11) is 1.57. The molecule has 1 saturated heterocycles. The number of rotatable bonds is 6. The Hall–Kier alpha value is -3.32. The first kappa shape index (κ1) is 24.8. The van der Waals surface area contributed by atoms with Crippen molar-refractivity contribution in [1.29, 1.82) is 0 Å². The van der Waals surface area contributed by atoms with Gasteiger partial charge in [0.15, 0.2) is 11.5 Å². The molecule has 35 heavy (non-hydrogen) atoms. The summed E-state index contributed by atoms with van der Waals surface area (Å²) in [5, 5.41) is 5.70. The number of methoxy groups -OCH3 is 1. The van der Waals surface area contributed by atoms with E-state index < -0.39 is 5.79 Å². The van der Waals surface area contributed by atoms with Crippen molar-refractivity contribution in [1.82, 2.24) is 15.2 Å². The van der Waals surface area contributed by atoms with E-state index in [2.05, 4.69) is 22.4 Å². The summed E-state index contributed by atoms with van der Waals surface area (Å²) in [4.78, 5) is 20.2. The van der Waals surface area contributed by atoms with Crippen LogP contribution in [0.2, 0.25) is 0 Å². The highest BCUT2D eigenvalue weighted by molar-refractivity contribution is 5.96. The van der Waals surface area contributed by atoms with Crippen molar-refractivity contribution >= 4 is 16.7 Å². The third-order valence-corrected chi connectivity index (χ3v) is 6.12. The first-order valence-electron chi connectivity index (χ1n) is 12.4. The van der Waals surface area contributed by atoms with E-state index in [0.717, 1.165) is 35.9 Å². The average molecular weight is 478 g/mol. The monoisotopic (exact) mass is 477 g/mol. The molecule has 2 aromatic carbocycles. The Morgan fingerprint density at radius 2 is 1.94 bits per heavy atom. The number of ether oxygens (including phenoxy) is 3. The molecule has 1 fully saturated rings. The second-order valence-corrected chi connectivity index (χ2v) is 9.11. The number of fused-ring (bicyclic) bond motifs is 2. The Bertz CT molecular complexity index is 1190. The van der Waals surface area contributed by atoms with Gasteiger partial charge in [0.1, 0.15) is 0 Å². The van der Waals surface area contributed by atoms with Gasteiger partial charge in [0.2, 0.25) is 11.5 Å². The lowest BCUT2D eigenvalue weighted by Crippen LogP contribution is -2.40. The van der Waals surface area contributed by atoms with Crippen LogP contribution in [0.5, 0.6) is 17.2 Å². The van der Waals surface area contributed by atoms with Crippen LogP contribution in [0.15, 0.2) is 48.7 Å². The van der Waals surface area contributed by atoms with Crippen LogP contribution in [-0.4, -0.2) is 47.8 Å². The van der Waals surface area contributed by atoms with Gasteiger partial charge in [-0.05, 0) is 43.0 Å². The number of nitrogens with one attached hydrogen (secondary N) is 1. The fraction of sp³-hybridized carbons (Fsp3) is 0.429. The minimum atomic E-state index is -0.806. The molecule has 3 heterocycles. The number of benzene rings is 2. The van der Waals surface area contributed by atoms with Crippen LogP contribution in [-0.2, 0) is 6.54 Å². The Morgan fingerprint density at radius 1 is 1.17 bits per heavy atom. The predicted molar refractivity (Wildman–Crippen MR) is 137 cm³/mol. The number of carbonyl (C=O) groups excluding carboxylic acids is 1. The van der Waals surface area contributed by atoms with E-state index in [1.807, 2.05) is 57.0 Å². The molecular weight excluding hydrogens is 442 g/mol. The Labute approximate surface area is 207 Å². The van der Waals surface area contributed by atoms with E-state index in [4.69, 9.17) is 14.2 Å². The molecule has 7 nitrogen and oxygen atoms in total. The first-order chi connectivity index (χ1) is 16.9. The van der Waals surface area contributed by atoms with Gasteiger partial charge in [-0.3, -0.25) is 9.78 Å². The van der Waals surface area contributed by atoms with Crippen molar-refractivity contribution < 1.29 is 19.0 Å². The maximum atomic E-state index is 13.7. The number of carbonyl (C=O) groups is 1. The highest BCUT2D eigenvalue weighted by atomic mass is 16.7. The van der Waals surface area contributed by atoms with Crippen LogP contribution in [0.3, 0.4) is 0 Å². The van der Waals surface area contributed by atoms with Crippen molar-refractivity contribution in [2.45, 2.75) is 58.9 Å². The molecule has 186 valence electrons. The smallest absolute Gasteiger partial charge is 0.254 e. The average Bonchev–Trinajstić information content (AvgIpc) is 3.49. The maximum absolute atomic E-state index is 13.7. The summed E-state index contributed by atoms with van der Waals surface area (Å²) in [6.07, 6.45) is 4.04. The number of pyridine rings is 1. The summed E-state index contributed by atoms with van der Waals surface area (Å²) >= 11 is 0. The van der Waals surface area contributed by atoms with Gasteiger partial charge < -0.3 is 24.4 Å². The lowest BCUT2D eigenvalue weighted by atomic mass is 10.1. The molecule has 1 amide bonds. The van der Waals surface area contributed by atoms with E-state index in [1.165, 1.54) is 0 Å². The molecule has 3 aromatic rings. The van der Waals surface area contributed by atoms with Crippen molar-refractivity contribution in [3.63, 3.8) is 0 Å². The molecular formula is C28H35N3O4. The predicted octanol–water partition coefficient (Wildman–Crippen LogP) is 5.17. The molecule has 0 aliphatic carbocycles. The first-order valence-corrected chi connectivity index (χ1v) is 12.4. The third kappa shape index (κ3) is 5.51. The molecule has 1 atom stereocenters. The number of hydrogen-bond donors (Lipinski definition) is 1. The van der Waals surface area contributed by atoms with Gasteiger partial charge in [-0.1, -0.05) is 38.1 Å². The summed E-state index contributed by atoms with van der Waals surface area (Å²) in [6, 6.07) is 13.9. The van der Waals surface area contributed by atoms with Gasteiger partial charge in [-0.2, -0.15) is 0 Å². The van der Waals surface area contributed by atoms with Crippen LogP contribution in [0.4, 0.5) is 0 Å². The zero-order valence-corrected chi connectivity index (χ0v) is 21.3. The van der Waals surface area contributed by atoms with E-state index >= 15 is 0 Å². The molecule has 0 bridgehead atoms. The molecule has 1 N–H and O–H groups in total. The van der Waals surface area contributed by atoms with Crippen LogP contribution in [0, 0.1) is 0 Å². The third-order valence-electron chi connectivity index (χ3n) is 6.12. The number of nitrogens with zero attached hydrogens (tertiary/aromatic N) is 2. The standard InChI is InChI=1S/C26H29N3O4.C2H6/c1-26(2)32-23-13-19(12-22(31-3)24(23)33-26)25(30)29(15-20-9-6-10-27-20)16-21-11-17-7-4-5-8-18(17)14-28-21;1-2/h4-5,7-8,11-14,20,27H,6,9-10,15-16H2,1-3H3;1-2H3/t20-;/m0./s1. The molecule has 0 spiro atoms. The minimum Gasteiger partial charge on any atom is -0.493 e. The number of amides is 1. The molecule has 0 unspecified atom stereocenters. The molecule has 1 aromatic heterocycles. The van der Waals surface area contributed by atoms with E-state index in [9.17, 15) is 4.79 Å². The topological polar surface area (TPSA) is 72.9 Å². The quantitative estimate of drug-likeness (QED) is 0.528. The minimum absolute atomic E-state index is 0.0898. The maximum Gasteiger partial charge on any atom is 0.254 e. The second-order valence-electron chi connectivity index (χ2n) is 9.11. The van der Waals surface area contributed by atoms with Gasteiger partial charge in [0, 0.05) is 43.6 Å². The Balaban J connectivity index is 0.00000141. The number of hydrogen-bond acceptors (Lipinski definition) is 6. The fourth-order valence-electron chi connectivity index (χ4n) is 4.55. The number of aromatic nitrogens is 1. The van der Waals surface area contributed by atoms with Crippen LogP contribution >= 0.6 is 0 Å². The van der Waals surface area contributed by atoms with Crippen molar-refractivity contribution in [3.05, 3.63) is 59.9 Å². The van der Waals surface area contributed by atoms with Gasteiger partial charge in [0.05, 0.1) is 19.3 Å². The molecule has 0 radical (unpaired) electrons. The fourth-order valence-corrected chi connectivity index (χ4v) is 4.55. The summed E-state index contributed by atoms with van der Waals surface area (Å²) in [6.45, 7) is 9.67. The Kier molecular flexibility index (Phi) is 7.45. The van der Waals surface area contributed by atoms with E-state index in [1.54, 1.807) is 19.2 Å². The zero-order valence-electron chi connectivity index (χ0n) is 21.3. The largest absolute Gasteiger partial charge is 0.493 e. The summed E-state index contributed by atoms with van der Waals surface area (Å²) < 4.78 is 17.3. The van der Waals surface area contributed by atoms with Crippen LogP contribution < -0.4 is 19.5 Å². The Morgan fingerprint density at radius 3 is 2.66 bits per heavy atom.